The third-order valence-electron chi connectivity index (χ3n) is 5.16. The van der Waals surface area contributed by atoms with Crippen molar-refractivity contribution >= 4 is 21.6 Å². The maximum absolute atomic E-state index is 13.0. The van der Waals surface area contributed by atoms with Gasteiger partial charge in [-0.3, -0.25) is 9.10 Å². The molecule has 1 unspecified atom stereocenters. The minimum atomic E-state index is -3.25. The molecule has 0 N–H and O–H groups in total. The van der Waals surface area contributed by atoms with Gasteiger partial charge in [0.15, 0.2) is 0 Å². The first-order chi connectivity index (χ1) is 11.3. The van der Waals surface area contributed by atoms with Gasteiger partial charge in [0.2, 0.25) is 10.0 Å². The molecule has 132 valence electrons. The predicted octanol–water partition coefficient (Wildman–Crippen LogP) is 2.66. The van der Waals surface area contributed by atoms with Crippen LogP contribution in [0, 0.1) is 5.92 Å². The number of nitrogens with zero attached hydrogens (tertiary/aromatic N) is 2. The van der Waals surface area contributed by atoms with Crippen LogP contribution in [0.5, 0.6) is 0 Å². The Balaban J connectivity index is 1.87. The van der Waals surface area contributed by atoms with E-state index in [1.54, 1.807) is 12.1 Å². The zero-order valence-corrected chi connectivity index (χ0v) is 15.5. The fraction of sp³-hybridized carbons (Fsp3) is 0.611. The summed E-state index contributed by atoms with van der Waals surface area (Å²) >= 11 is 0. The van der Waals surface area contributed by atoms with Gasteiger partial charge in [0.05, 0.1) is 11.9 Å². The van der Waals surface area contributed by atoms with E-state index in [9.17, 15) is 13.2 Å². The monoisotopic (exact) mass is 350 g/mol. The van der Waals surface area contributed by atoms with E-state index in [-0.39, 0.29) is 5.91 Å². The molecule has 2 aliphatic heterocycles. The summed E-state index contributed by atoms with van der Waals surface area (Å²) in [5.41, 5.74) is 2.34. The summed E-state index contributed by atoms with van der Waals surface area (Å²) in [6.45, 7) is 5.62. The van der Waals surface area contributed by atoms with Crippen molar-refractivity contribution in [1.82, 2.24) is 4.90 Å². The van der Waals surface area contributed by atoms with Crippen molar-refractivity contribution in [3.63, 3.8) is 0 Å². The van der Waals surface area contributed by atoms with E-state index in [4.69, 9.17) is 0 Å². The molecule has 0 aliphatic carbocycles. The van der Waals surface area contributed by atoms with Gasteiger partial charge in [-0.05, 0) is 55.4 Å². The number of carbonyl (C=O) groups is 1. The van der Waals surface area contributed by atoms with Gasteiger partial charge in [0.25, 0.3) is 5.91 Å². The lowest BCUT2D eigenvalue weighted by molar-refractivity contribution is 0.0543. The van der Waals surface area contributed by atoms with Gasteiger partial charge in [-0.2, -0.15) is 0 Å². The van der Waals surface area contributed by atoms with E-state index in [1.807, 2.05) is 11.0 Å². The third-order valence-corrected chi connectivity index (χ3v) is 6.34. The molecule has 1 atom stereocenters. The number of anilines is 1. The summed E-state index contributed by atoms with van der Waals surface area (Å²) in [6.07, 6.45) is 5.19. The van der Waals surface area contributed by atoms with Crippen LogP contribution in [-0.2, 0) is 16.4 Å². The zero-order valence-electron chi connectivity index (χ0n) is 14.7. The number of sulfonamides is 1. The van der Waals surface area contributed by atoms with Gasteiger partial charge in [-0.15, -0.1) is 0 Å². The topological polar surface area (TPSA) is 57.7 Å². The van der Waals surface area contributed by atoms with Crippen molar-refractivity contribution in [2.45, 2.75) is 45.6 Å². The molecule has 1 aromatic carbocycles. The molecular formula is C18H26N2O3S. The van der Waals surface area contributed by atoms with Crippen molar-refractivity contribution in [1.29, 1.82) is 0 Å². The van der Waals surface area contributed by atoms with Crippen molar-refractivity contribution in [2.24, 2.45) is 5.92 Å². The summed E-state index contributed by atoms with van der Waals surface area (Å²) in [4.78, 5) is 15.0. The van der Waals surface area contributed by atoms with Crippen LogP contribution in [0.1, 0.15) is 49.0 Å². The fourth-order valence-electron chi connectivity index (χ4n) is 3.92. The van der Waals surface area contributed by atoms with Gasteiger partial charge < -0.3 is 4.90 Å². The lowest BCUT2D eigenvalue weighted by Crippen LogP contribution is -2.46. The highest BCUT2D eigenvalue weighted by atomic mass is 32.2. The minimum Gasteiger partial charge on any atom is -0.335 e. The van der Waals surface area contributed by atoms with E-state index in [2.05, 4.69) is 13.8 Å². The minimum absolute atomic E-state index is 0.0778. The smallest absolute Gasteiger partial charge is 0.254 e. The number of hydrogen-bond donors (Lipinski definition) is 0. The molecule has 24 heavy (non-hydrogen) atoms. The van der Waals surface area contributed by atoms with E-state index in [0.717, 1.165) is 24.9 Å². The first kappa shape index (κ1) is 17.3. The number of likely N-dealkylation sites (tertiary alicyclic amines) is 1. The Labute approximate surface area is 144 Å². The van der Waals surface area contributed by atoms with E-state index in [1.165, 1.54) is 17.0 Å². The van der Waals surface area contributed by atoms with Crippen LogP contribution in [0.3, 0.4) is 0 Å². The quantitative estimate of drug-likeness (QED) is 0.842. The van der Waals surface area contributed by atoms with Crippen molar-refractivity contribution in [3.05, 3.63) is 29.3 Å². The van der Waals surface area contributed by atoms with Crippen molar-refractivity contribution in [3.8, 4) is 0 Å². The van der Waals surface area contributed by atoms with E-state index >= 15 is 0 Å². The van der Waals surface area contributed by atoms with Gasteiger partial charge in [0, 0.05) is 24.7 Å². The van der Waals surface area contributed by atoms with Crippen LogP contribution >= 0.6 is 0 Å². The van der Waals surface area contributed by atoms with Crippen LogP contribution in [0.25, 0.3) is 0 Å². The van der Waals surface area contributed by atoms with E-state index in [0.29, 0.717) is 36.2 Å². The Kier molecular flexibility index (Phi) is 4.60. The Bertz CT molecular complexity index is 743. The van der Waals surface area contributed by atoms with Crippen LogP contribution in [-0.4, -0.2) is 44.6 Å². The fourth-order valence-corrected chi connectivity index (χ4v) is 4.88. The van der Waals surface area contributed by atoms with Gasteiger partial charge in [-0.1, -0.05) is 13.8 Å². The summed E-state index contributed by atoms with van der Waals surface area (Å²) in [5, 5.41) is 0. The molecule has 0 saturated carbocycles. The molecule has 2 aliphatic rings. The molecule has 1 aromatic rings. The lowest BCUT2D eigenvalue weighted by Gasteiger charge is -2.38. The highest BCUT2D eigenvalue weighted by Crippen LogP contribution is 2.32. The number of piperidine rings is 1. The normalized spacial score (nSPS) is 21.2. The summed E-state index contributed by atoms with van der Waals surface area (Å²) in [6, 6.07) is 5.74. The zero-order chi connectivity index (χ0) is 17.5. The van der Waals surface area contributed by atoms with Gasteiger partial charge in [0.1, 0.15) is 0 Å². The highest BCUT2D eigenvalue weighted by molar-refractivity contribution is 7.92. The Hall–Kier alpha value is -1.56. The summed E-state index contributed by atoms with van der Waals surface area (Å²) < 4.78 is 25.1. The average Bonchev–Trinajstić information content (AvgIpc) is 2.97. The van der Waals surface area contributed by atoms with Crippen LogP contribution in [0.15, 0.2) is 18.2 Å². The number of amides is 1. The van der Waals surface area contributed by atoms with E-state index < -0.39 is 10.0 Å². The lowest BCUT2D eigenvalue weighted by atomic mass is 9.92. The maximum Gasteiger partial charge on any atom is 0.254 e. The van der Waals surface area contributed by atoms with Crippen LogP contribution < -0.4 is 4.31 Å². The first-order valence-electron chi connectivity index (χ1n) is 8.70. The predicted molar refractivity (Wildman–Crippen MR) is 95.8 cm³/mol. The van der Waals surface area contributed by atoms with Gasteiger partial charge >= 0.3 is 0 Å². The summed E-state index contributed by atoms with van der Waals surface area (Å²) in [7, 11) is -3.25. The van der Waals surface area contributed by atoms with Gasteiger partial charge in [-0.25, -0.2) is 8.42 Å². The van der Waals surface area contributed by atoms with Crippen LogP contribution in [0.2, 0.25) is 0 Å². The summed E-state index contributed by atoms with van der Waals surface area (Å²) in [5.74, 6) is 0.526. The molecular weight excluding hydrogens is 324 g/mol. The second kappa shape index (κ2) is 6.39. The molecule has 6 heteroatoms. The molecule has 1 saturated heterocycles. The first-order valence-corrected chi connectivity index (χ1v) is 10.6. The Morgan fingerprint density at radius 3 is 2.62 bits per heavy atom. The number of carbonyl (C=O) groups excluding carboxylic acids is 1. The third kappa shape index (κ3) is 3.16. The molecule has 0 spiro atoms. The Morgan fingerprint density at radius 2 is 1.96 bits per heavy atom. The molecule has 0 bridgehead atoms. The standard InChI is InChI=1S/C18H26N2O3S/c1-13(2)16-6-4-5-10-19(16)18(21)15-7-8-17-14(12-15)9-11-20(17)24(3,22)23/h7-8,12-13,16H,4-6,9-11H2,1-3H3. The largest absolute Gasteiger partial charge is 0.335 e. The molecule has 0 radical (unpaired) electrons. The number of hydrogen-bond acceptors (Lipinski definition) is 3. The molecule has 2 heterocycles. The number of rotatable bonds is 3. The molecule has 1 amide bonds. The molecule has 1 fully saturated rings. The van der Waals surface area contributed by atoms with Crippen molar-refractivity contribution < 1.29 is 13.2 Å². The Morgan fingerprint density at radius 1 is 1.21 bits per heavy atom. The molecule has 5 nitrogen and oxygen atoms in total. The second-order valence-electron chi connectivity index (χ2n) is 7.23. The number of fused-ring (bicyclic) bond motifs is 1. The maximum atomic E-state index is 13.0. The van der Waals surface area contributed by atoms with Crippen molar-refractivity contribution in [2.75, 3.05) is 23.7 Å². The SMILES string of the molecule is CC(C)C1CCCCN1C(=O)c1ccc2c(c1)CCN2S(C)(=O)=O. The second-order valence-corrected chi connectivity index (χ2v) is 9.14. The number of benzene rings is 1. The molecule has 3 rings (SSSR count). The highest BCUT2D eigenvalue weighted by Gasteiger charge is 2.31. The molecule has 0 aromatic heterocycles. The van der Waals surface area contributed by atoms with Crippen LogP contribution in [0.4, 0.5) is 5.69 Å². The average molecular weight is 350 g/mol.